The van der Waals surface area contributed by atoms with E-state index in [0.717, 1.165) is 34.4 Å². The van der Waals surface area contributed by atoms with Gasteiger partial charge in [-0.3, -0.25) is 0 Å². The Bertz CT molecular complexity index is 1080. The van der Waals surface area contributed by atoms with Crippen LogP contribution in [0.25, 0.3) is 11.0 Å². The predicted octanol–water partition coefficient (Wildman–Crippen LogP) is 4.72. The minimum Gasteiger partial charge on any atom is -0.338 e. The summed E-state index contributed by atoms with van der Waals surface area (Å²) in [5.74, 6) is -0.296. The average Bonchev–Trinajstić information content (AvgIpc) is 3.41. The zero-order valence-corrected chi connectivity index (χ0v) is 16.5. The van der Waals surface area contributed by atoms with E-state index in [9.17, 15) is 9.18 Å². The van der Waals surface area contributed by atoms with Crippen molar-refractivity contribution in [3.63, 3.8) is 0 Å². The molecule has 2 heterocycles. The molecule has 0 saturated carbocycles. The van der Waals surface area contributed by atoms with E-state index in [2.05, 4.69) is 20.2 Å². The van der Waals surface area contributed by atoms with Gasteiger partial charge in [0.15, 0.2) is 0 Å². The van der Waals surface area contributed by atoms with Crippen molar-refractivity contribution < 1.29 is 9.18 Å². The third kappa shape index (κ3) is 4.63. The lowest BCUT2D eigenvalue weighted by Gasteiger charge is -2.18. The maximum Gasteiger partial charge on any atom is 0.315 e. The monoisotopic (exact) mass is 408 g/mol. The minimum atomic E-state index is -0.312. The standard InChI is InChI=1S/C22H21FN4OS/c23-17-10-8-16(9-11-17)21(20-7-3-14-29-20)26-22(28)24-12-4-13-27-15-25-18-5-1-2-6-19(18)27/h1-3,5-11,14-15,21H,4,12-13H2,(H2,24,26,28). The molecule has 4 rings (SSSR count). The smallest absolute Gasteiger partial charge is 0.315 e. The van der Waals surface area contributed by atoms with E-state index in [4.69, 9.17) is 0 Å². The molecule has 0 saturated heterocycles. The van der Waals surface area contributed by atoms with Crippen LogP contribution in [-0.4, -0.2) is 22.1 Å². The molecular weight excluding hydrogens is 387 g/mol. The first-order valence-corrected chi connectivity index (χ1v) is 10.3. The number of hydrogen-bond donors (Lipinski definition) is 2. The lowest BCUT2D eigenvalue weighted by molar-refractivity contribution is 0.238. The van der Waals surface area contributed by atoms with Crippen LogP contribution in [0.2, 0.25) is 0 Å². The second kappa shape index (κ2) is 8.87. The van der Waals surface area contributed by atoms with Crippen LogP contribution in [0.15, 0.2) is 72.4 Å². The van der Waals surface area contributed by atoms with Gasteiger partial charge >= 0.3 is 6.03 Å². The number of fused-ring (bicyclic) bond motifs is 1. The first-order valence-electron chi connectivity index (χ1n) is 9.44. The maximum absolute atomic E-state index is 13.3. The fourth-order valence-corrected chi connectivity index (χ4v) is 4.05. The summed E-state index contributed by atoms with van der Waals surface area (Å²) < 4.78 is 15.4. The van der Waals surface area contributed by atoms with E-state index >= 15 is 0 Å². The highest BCUT2D eigenvalue weighted by Crippen LogP contribution is 2.26. The highest BCUT2D eigenvalue weighted by molar-refractivity contribution is 7.10. The van der Waals surface area contributed by atoms with Gasteiger partial charge < -0.3 is 15.2 Å². The molecule has 0 bridgehead atoms. The SMILES string of the molecule is O=C(NCCCn1cnc2ccccc21)NC(c1ccc(F)cc1)c1cccs1. The number of nitrogens with zero attached hydrogens (tertiary/aromatic N) is 2. The number of halogens is 1. The lowest BCUT2D eigenvalue weighted by Crippen LogP contribution is -2.38. The van der Waals surface area contributed by atoms with Crippen molar-refractivity contribution in [3.05, 3.63) is 88.6 Å². The minimum absolute atomic E-state index is 0.247. The largest absolute Gasteiger partial charge is 0.338 e. The van der Waals surface area contributed by atoms with Crippen LogP contribution in [0.3, 0.4) is 0 Å². The average molecular weight is 409 g/mol. The Morgan fingerprint density at radius 2 is 1.93 bits per heavy atom. The molecule has 2 amide bonds. The van der Waals surface area contributed by atoms with Crippen LogP contribution in [0.5, 0.6) is 0 Å². The fraction of sp³-hybridized carbons (Fsp3) is 0.182. The van der Waals surface area contributed by atoms with E-state index in [1.807, 2.05) is 48.1 Å². The number of imidazole rings is 1. The van der Waals surface area contributed by atoms with E-state index in [-0.39, 0.29) is 17.9 Å². The summed E-state index contributed by atoms with van der Waals surface area (Å²) in [5, 5.41) is 7.87. The van der Waals surface area contributed by atoms with Crippen molar-refractivity contribution in [1.82, 2.24) is 20.2 Å². The van der Waals surface area contributed by atoms with Gasteiger partial charge in [0.05, 0.1) is 23.4 Å². The molecule has 2 N–H and O–H groups in total. The quantitative estimate of drug-likeness (QED) is 0.435. The number of rotatable bonds is 7. The molecule has 2 aromatic heterocycles. The summed E-state index contributed by atoms with van der Waals surface area (Å²) in [7, 11) is 0. The number of amides is 2. The molecule has 7 heteroatoms. The number of carbonyl (C=O) groups is 1. The van der Waals surface area contributed by atoms with Crippen LogP contribution in [0.4, 0.5) is 9.18 Å². The van der Waals surface area contributed by atoms with Crippen molar-refractivity contribution in [2.75, 3.05) is 6.54 Å². The molecule has 0 radical (unpaired) electrons. The molecular formula is C22H21FN4OS. The first kappa shape index (κ1) is 19.1. The van der Waals surface area contributed by atoms with Gasteiger partial charge in [-0.2, -0.15) is 0 Å². The summed E-state index contributed by atoms with van der Waals surface area (Å²) in [6.45, 7) is 1.31. The molecule has 4 aromatic rings. The van der Waals surface area contributed by atoms with Gasteiger partial charge in [-0.25, -0.2) is 14.2 Å². The Labute approximate surface area is 172 Å². The number of aromatic nitrogens is 2. The molecule has 0 fully saturated rings. The normalized spacial score (nSPS) is 12.0. The number of aryl methyl sites for hydroxylation is 1. The first-order chi connectivity index (χ1) is 14.2. The Balaban J connectivity index is 1.33. The number of benzene rings is 2. The molecule has 0 aliphatic heterocycles. The summed E-state index contributed by atoms with van der Waals surface area (Å²) in [5.41, 5.74) is 2.90. The molecule has 2 aromatic carbocycles. The maximum atomic E-state index is 13.3. The molecule has 148 valence electrons. The number of nitrogens with one attached hydrogen (secondary N) is 2. The number of urea groups is 1. The second-order valence-electron chi connectivity index (χ2n) is 6.68. The van der Waals surface area contributed by atoms with E-state index < -0.39 is 0 Å². The molecule has 1 atom stereocenters. The van der Waals surface area contributed by atoms with Crippen molar-refractivity contribution in [1.29, 1.82) is 0 Å². The summed E-state index contributed by atoms with van der Waals surface area (Å²) in [6.07, 6.45) is 2.61. The van der Waals surface area contributed by atoms with Gasteiger partial charge in [0.2, 0.25) is 0 Å². The van der Waals surface area contributed by atoms with Crippen molar-refractivity contribution in [2.24, 2.45) is 0 Å². The Morgan fingerprint density at radius 3 is 2.72 bits per heavy atom. The lowest BCUT2D eigenvalue weighted by atomic mass is 10.1. The van der Waals surface area contributed by atoms with Crippen LogP contribution in [-0.2, 0) is 6.54 Å². The van der Waals surface area contributed by atoms with Crippen LogP contribution >= 0.6 is 11.3 Å². The van der Waals surface area contributed by atoms with Gasteiger partial charge in [-0.15, -0.1) is 11.3 Å². The Morgan fingerprint density at radius 1 is 1.10 bits per heavy atom. The predicted molar refractivity (Wildman–Crippen MR) is 113 cm³/mol. The molecule has 1 unspecified atom stereocenters. The van der Waals surface area contributed by atoms with Crippen LogP contribution in [0, 0.1) is 5.82 Å². The van der Waals surface area contributed by atoms with Crippen molar-refractivity contribution in [3.8, 4) is 0 Å². The van der Waals surface area contributed by atoms with Crippen LogP contribution in [0.1, 0.15) is 22.9 Å². The molecule has 0 spiro atoms. The molecule has 0 aliphatic carbocycles. The highest BCUT2D eigenvalue weighted by atomic mass is 32.1. The van der Waals surface area contributed by atoms with Gasteiger partial charge in [0, 0.05) is 18.0 Å². The van der Waals surface area contributed by atoms with Gasteiger partial charge in [-0.1, -0.05) is 30.3 Å². The fourth-order valence-electron chi connectivity index (χ4n) is 3.25. The third-order valence-corrected chi connectivity index (χ3v) is 5.63. The summed E-state index contributed by atoms with van der Waals surface area (Å²) in [4.78, 5) is 17.8. The molecule has 0 aliphatic rings. The van der Waals surface area contributed by atoms with E-state index in [1.54, 1.807) is 23.5 Å². The second-order valence-corrected chi connectivity index (χ2v) is 7.66. The van der Waals surface area contributed by atoms with Gasteiger partial charge in [-0.05, 0) is 47.7 Å². The Hall–Kier alpha value is -3.19. The van der Waals surface area contributed by atoms with E-state index in [1.165, 1.54) is 12.1 Å². The number of thiophene rings is 1. The summed E-state index contributed by atoms with van der Waals surface area (Å²) >= 11 is 1.55. The molecule has 29 heavy (non-hydrogen) atoms. The highest BCUT2D eigenvalue weighted by Gasteiger charge is 2.17. The number of hydrogen-bond acceptors (Lipinski definition) is 3. The third-order valence-electron chi connectivity index (χ3n) is 4.70. The zero-order chi connectivity index (χ0) is 20.1. The van der Waals surface area contributed by atoms with Gasteiger partial charge in [0.25, 0.3) is 0 Å². The van der Waals surface area contributed by atoms with Crippen molar-refractivity contribution >= 4 is 28.4 Å². The molecule has 5 nitrogen and oxygen atoms in total. The van der Waals surface area contributed by atoms with Crippen LogP contribution < -0.4 is 10.6 Å². The van der Waals surface area contributed by atoms with Gasteiger partial charge in [0.1, 0.15) is 5.82 Å². The van der Waals surface area contributed by atoms with E-state index in [0.29, 0.717) is 6.54 Å². The summed E-state index contributed by atoms with van der Waals surface area (Å²) in [6, 6.07) is 17.5. The zero-order valence-electron chi connectivity index (χ0n) is 15.7. The number of carbonyl (C=O) groups excluding carboxylic acids is 1. The number of para-hydroxylation sites is 2. The topological polar surface area (TPSA) is 59.0 Å². The van der Waals surface area contributed by atoms with Crippen molar-refractivity contribution in [2.45, 2.75) is 19.0 Å². The Kier molecular flexibility index (Phi) is 5.86.